The van der Waals surface area contributed by atoms with Crippen LogP contribution in [0, 0.1) is 34.5 Å². The van der Waals surface area contributed by atoms with Crippen LogP contribution in [0.5, 0.6) is 0 Å². The lowest BCUT2D eigenvalue weighted by molar-refractivity contribution is -0.202. The van der Waals surface area contributed by atoms with Gasteiger partial charge in [0.2, 0.25) is 0 Å². The molecule has 6 nitrogen and oxygen atoms in total. The molecular formula is C29H34O6. The predicted molar refractivity (Wildman–Crippen MR) is 129 cm³/mol. The number of ketones is 1. The third-order valence-electron chi connectivity index (χ3n) is 9.33. The van der Waals surface area contributed by atoms with Crippen LogP contribution in [-0.2, 0) is 19.1 Å². The minimum atomic E-state index is -1.96. The van der Waals surface area contributed by atoms with Crippen LogP contribution in [0.2, 0.25) is 0 Å². The Balaban J connectivity index is 1.71. The summed E-state index contributed by atoms with van der Waals surface area (Å²) in [4.78, 5) is 39.9. The van der Waals surface area contributed by atoms with Crippen molar-refractivity contribution in [1.82, 2.24) is 0 Å². The Labute approximate surface area is 206 Å². The minimum absolute atomic E-state index is 0.0122. The zero-order valence-corrected chi connectivity index (χ0v) is 21.2. The van der Waals surface area contributed by atoms with Crippen LogP contribution in [0.25, 0.3) is 0 Å². The molecule has 186 valence electrons. The smallest absolute Gasteiger partial charge is 0.338 e. The van der Waals surface area contributed by atoms with E-state index in [0.29, 0.717) is 22.6 Å². The van der Waals surface area contributed by atoms with E-state index in [0.717, 1.165) is 6.42 Å². The van der Waals surface area contributed by atoms with E-state index in [1.54, 1.807) is 44.2 Å². The van der Waals surface area contributed by atoms with Crippen LogP contribution in [0.3, 0.4) is 0 Å². The van der Waals surface area contributed by atoms with Crippen molar-refractivity contribution in [2.75, 3.05) is 0 Å². The quantitative estimate of drug-likeness (QED) is 0.515. The number of ether oxygens (including phenoxy) is 2. The number of hydrogen-bond donors (Lipinski definition) is 1. The Kier molecular flexibility index (Phi) is 5.23. The standard InChI is InChI=1S/C29H34O6/c1-15-12-20-22-21(27(22,5)6)13-17(3)28(23(20)31)14-16(2)25(34-18(4)30)29(28,33)24(15)35-26(32)19-10-8-7-9-11-19/h7-12,14,17,20-22,24-25,33H,13H2,1-6H3/t17-,20+,21-,22+,24-,25+,28?,29+/m1/s1. The van der Waals surface area contributed by atoms with Crippen molar-refractivity contribution >= 4 is 17.7 Å². The van der Waals surface area contributed by atoms with Crippen molar-refractivity contribution in [3.63, 3.8) is 0 Å². The molecule has 0 aromatic heterocycles. The second-order valence-corrected chi connectivity index (χ2v) is 11.6. The predicted octanol–water partition coefficient (Wildman–Crippen LogP) is 4.28. The lowest BCUT2D eigenvalue weighted by Gasteiger charge is -2.49. The van der Waals surface area contributed by atoms with Crippen LogP contribution in [0.1, 0.15) is 58.3 Å². The molecule has 8 atom stereocenters. The number of hydrogen-bond acceptors (Lipinski definition) is 6. The first-order valence-corrected chi connectivity index (χ1v) is 12.4. The highest BCUT2D eigenvalue weighted by atomic mass is 16.6. The second kappa shape index (κ2) is 7.63. The van der Waals surface area contributed by atoms with Crippen molar-refractivity contribution in [3.05, 3.63) is 59.2 Å². The number of aliphatic hydroxyl groups is 1. The molecule has 4 aliphatic rings. The molecule has 35 heavy (non-hydrogen) atoms. The van der Waals surface area contributed by atoms with Gasteiger partial charge in [0.15, 0.2) is 23.6 Å². The average Bonchev–Trinajstić information content (AvgIpc) is 3.29. The van der Waals surface area contributed by atoms with Gasteiger partial charge in [0.05, 0.1) is 11.0 Å². The molecule has 2 bridgehead atoms. The number of carbonyl (C=O) groups is 3. The lowest BCUT2D eigenvalue weighted by Crippen LogP contribution is -2.66. The maximum Gasteiger partial charge on any atom is 0.338 e. The normalized spacial score (nSPS) is 40.8. The van der Waals surface area contributed by atoms with Gasteiger partial charge in [-0.25, -0.2) is 4.79 Å². The molecule has 1 unspecified atom stereocenters. The molecule has 4 aliphatic carbocycles. The molecule has 0 saturated heterocycles. The summed E-state index contributed by atoms with van der Waals surface area (Å²) in [6, 6.07) is 8.58. The first-order valence-electron chi connectivity index (χ1n) is 12.4. The summed E-state index contributed by atoms with van der Waals surface area (Å²) in [6.45, 7) is 11.2. The molecule has 1 aromatic rings. The van der Waals surface area contributed by atoms with Gasteiger partial charge in [-0.1, -0.05) is 51.1 Å². The summed E-state index contributed by atoms with van der Waals surface area (Å²) >= 11 is 0. The highest BCUT2D eigenvalue weighted by molar-refractivity contribution is 5.96. The SMILES string of the molecule is CC(=O)O[C@H]1C(C)=CC23C(=O)[C@@H](C=C(C)[C@@H](OC(=O)c4ccccc4)[C@]12O)[C@H]1[C@@H](C[C@H]3C)C1(C)C. The van der Waals surface area contributed by atoms with Gasteiger partial charge in [-0.3, -0.25) is 9.59 Å². The molecule has 0 heterocycles. The Bertz CT molecular complexity index is 1160. The molecule has 2 fully saturated rings. The first kappa shape index (κ1) is 24.0. The van der Waals surface area contributed by atoms with Crippen molar-refractivity contribution in [1.29, 1.82) is 0 Å². The van der Waals surface area contributed by atoms with E-state index in [1.807, 2.05) is 19.1 Å². The molecule has 5 rings (SSSR count). The zero-order valence-electron chi connectivity index (χ0n) is 21.2. The van der Waals surface area contributed by atoms with Gasteiger partial charge in [0.25, 0.3) is 0 Å². The summed E-state index contributed by atoms with van der Waals surface area (Å²) in [5.41, 5.74) is -1.74. The first-order chi connectivity index (χ1) is 16.4. The van der Waals surface area contributed by atoms with Gasteiger partial charge >= 0.3 is 11.9 Å². The van der Waals surface area contributed by atoms with E-state index in [-0.39, 0.29) is 23.0 Å². The van der Waals surface area contributed by atoms with Crippen molar-refractivity contribution < 1.29 is 29.0 Å². The maximum atomic E-state index is 14.5. The zero-order chi connectivity index (χ0) is 25.5. The van der Waals surface area contributed by atoms with Gasteiger partial charge in [-0.2, -0.15) is 0 Å². The molecule has 0 aliphatic heterocycles. The number of allylic oxidation sites excluding steroid dienone is 1. The molecule has 1 N–H and O–H groups in total. The lowest BCUT2D eigenvalue weighted by atomic mass is 9.59. The molecule has 1 aromatic carbocycles. The Morgan fingerprint density at radius 3 is 2.29 bits per heavy atom. The molecule has 6 heteroatoms. The van der Waals surface area contributed by atoms with Crippen LogP contribution < -0.4 is 0 Å². The summed E-state index contributed by atoms with van der Waals surface area (Å²) in [5.74, 6) is -1.39. The summed E-state index contributed by atoms with van der Waals surface area (Å²) < 4.78 is 11.7. The highest BCUT2D eigenvalue weighted by Crippen LogP contribution is 2.71. The Morgan fingerprint density at radius 2 is 1.66 bits per heavy atom. The number of esters is 2. The van der Waals surface area contributed by atoms with Crippen molar-refractivity contribution in [2.24, 2.45) is 34.5 Å². The number of benzene rings is 1. The minimum Gasteiger partial charge on any atom is -0.455 e. The Morgan fingerprint density at radius 1 is 1.03 bits per heavy atom. The van der Waals surface area contributed by atoms with Gasteiger partial charge in [0.1, 0.15) is 0 Å². The third-order valence-corrected chi connectivity index (χ3v) is 9.33. The van der Waals surface area contributed by atoms with Crippen LogP contribution in [-0.4, -0.2) is 40.6 Å². The highest BCUT2D eigenvalue weighted by Gasteiger charge is 2.77. The van der Waals surface area contributed by atoms with Crippen molar-refractivity contribution in [3.8, 4) is 0 Å². The largest absolute Gasteiger partial charge is 0.455 e. The van der Waals surface area contributed by atoms with Gasteiger partial charge in [-0.15, -0.1) is 0 Å². The average molecular weight is 479 g/mol. The fourth-order valence-electron chi connectivity index (χ4n) is 7.65. The number of fused-ring (bicyclic) bond motifs is 3. The molecule has 0 amide bonds. The Hall–Kier alpha value is -2.73. The third kappa shape index (κ3) is 3.08. The fourth-order valence-corrected chi connectivity index (χ4v) is 7.65. The summed E-state index contributed by atoms with van der Waals surface area (Å²) in [7, 11) is 0. The van der Waals surface area contributed by atoms with Gasteiger partial charge in [0, 0.05) is 12.8 Å². The number of rotatable bonds is 3. The topological polar surface area (TPSA) is 89.9 Å². The molecule has 0 radical (unpaired) electrons. The van der Waals surface area contributed by atoms with Crippen molar-refractivity contribution in [2.45, 2.75) is 65.8 Å². The molecule has 2 saturated carbocycles. The van der Waals surface area contributed by atoms with Gasteiger partial charge in [-0.05, 0) is 66.7 Å². The molecular weight excluding hydrogens is 444 g/mol. The van der Waals surface area contributed by atoms with E-state index in [9.17, 15) is 19.5 Å². The number of Topliss-reactive ketones (excluding diaryl/α,β-unsaturated/α-hetero) is 1. The van der Waals surface area contributed by atoms with Gasteiger partial charge < -0.3 is 14.6 Å². The summed E-state index contributed by atoms with van der Waals surface area (Å²) in [5, 5.41) is 12.7. The van der Waals surface area contributed by atoms with Crippen LogP contribution >= 0.6 is 0 Å². The van der Waals surface area contributed by atoms with E-state index >= 15 is 0 Å². The van der Waals surface area contributed by atoms with E-state index in [2.05, 4.69) is 13.8 Å². The second-order valence-electron chi connectivity index (χ2n) is 11.6. The maximum absolute atomic E-state index is 14.5. The number of carbonyl (C=O) groups excluding carboxylic acids is 3. The van der Waals surface area contributed by atoms with E-state index in [1.165, 1.54) is 6.92 Å². The van der Waals surface area contributed by atoms with E-state index in [4.69, 9.17) is 9.47 Å². The monoisotopic (exact) mass is 478 g/mol. The molecule has 1 spiro atoms. The van der Waals surface area contributed by atoms with E-state index < -0.39 is 41.1 Å². The van der Waals surface area contributed by atoms with Crippen LogP contribution in [0.4, 0.5) is 0 Å². The summed E-state index contributed by atoms with van der Waals surface area (Å²) in [6.07, 6.45) is 2.20. The fraction of sp³-hybridized carbons (Fsp3) is 0.552. The van der Waals surface area contributed by atoms with Crippen LogP contribution in [0.15, 0.2) is 53.6 Å².